The van der Waals surface area contributed by atoms with Crippen LogP contribution in [-0.4, -0.2) is 13.3 Å². The number of carbonyl (C=O) groups is 1. The van der Waals surface area contributed by atoms with Gasteiger partial charge in [-0.2, -0.15) is 0 Å². The number of halogens is 1. The van der Waals surface area contributed by atoms with Gasteiger partial charge in [-0.25, -0.2) is 0 Å². The Morgan fingerprint density at radius 2 is 2.06 bits per heavy atom. The molecule has 1 aromatic carbocycles. The Labute approximate surface area is 103 Å². The summed E-state index contributed by atoms with van der Waals surface area (Å²) in [7, 11) is 1.88. The molecule has 90 valence electrons. The Morgan fingerprint density at radius 1 is 1.38 bits per heavy atom. The number of carbonyl (C=O) groups excluding carboxylic acids is 1. The van der Waals surface area contributed by atoms with Gasteiger partial charge in [-0.3, -0.25) is 0 Å². The van der Waals surface area contributed by atoms with E-state index in [0.717, 1.165) is 29.8 Å². The molecule has 1 aromatic rings. The zero-order chi connectivity index (χ0) is 12.4. The van der Waals surface area contributed by atoms with E-state index in [1.54, 1.807) is 0 Å². The average molecular weight is 242 g/mol. The standard InChI is InChI=1S/C11H14ClNO.C2H6/c1-13-11-6-5-10(12)8-9(11)4-2-3-7-14;1-2/h5-8,13H,2-4H2,1H3;1-2H3. The fraction of sp³-hybridized carbons (Fsp3) is 0.462. The zero-order valence-electron chi connectivity index (χ0n) is 10.2. The second-order valence-electron chi connectivity index (χ2n) is 3.11. The van der Waals surface area contributed by atoms with E-state index in [1.807, 2.05) is 39.1 Å². The molecule has 0 spiro atoms. The third-order valence-electron chi connectivity index (χ3n) is 2.10. The van der Waals surface area contributed by atoms with Crippen LogP contribution in [0.15, 0.2) is 18.2 Å². The van der Waals surface area contributed by atoms with Crippen LogP contribution >= 0.6 is 11.6 Å². The normalized spacial score (nSPS) is 9.00. The molecule has 0 fully saturated rings. The first-order valence-electron chi connectivity index (χ1n) is 5.67. The van der Waals surface area contributed by atoms with Gasteiger partial charge in [-0.15, -0.1) is 0 Å². The van der Waals surface area contributed by atoms with Gasteiger partial charge >= 0.3 is 0 Å². The van der Waals surface area contributed by atoms with Crippen molar-refractivity contribution in [2.24, 2.45) is 0 Å². The number of nitrogens with one attached hydrogen (secondary N) is 1. The Hall–Kier alpha value is -1.02. The van der Waals surface area contributed by atoms with Crippen molar-refractivity contribution in [3.8, 4) is 0 Å². The van der Waals surface area contributed by atoms with Crippen molar-refractivity contribution >= 4 is 23.6 Å². The van der Waals surface area contributed by atoms with Crippen molar-refractivity contribution in [3.63, 3.8) is 0 Å². The first-order valence-corrected chi connectivity index (χ1v) is 6.05. The van der Waals surface area contributed by atoms with Crippen LogP contribution in [0, 0.1) is 0 Å². The lowest BCUT2D eigenvalue weighted by atomic mass is 10.1. The van der Waals surface area contributed by atoms with Gasteiger partial charge in [0.15, 0.2) is 0 Å². The number of rotatable bonds is 5. The Bertz CT molecular complexity index is 313. The molecule has 0 bridgehead atoms. The number of aryl methyl sites for hydroxylation is 1. The second kappa shape index (κ2) is 9.22. The van der Waals surface area contributed by atoms with Gasteiger partial charge in [0, 0.05) is 24.2 Å². The molecule has 0 atom stereocenters. The van der Waals surface area contributed by atoms with Crippen molar-refractivity contribution in [2.45, 2.75) is 33.1 Å². The minimum atomic E-state index is 0.607. The summed E-state index contributed by atoms with van der Waals surface area (Å²) in [5.41, 5.74) is 2.25. The lowest BCUT2D eigenvalue weighted by Crippen LogP contribution is -1.95. The van der Waals surface area contributed by atoms with Crippen molar-refractivity contribution < 1.29 is 4.79 Å². The summed E-state index contributed by atoms with van der Waals surface area (Å²) in [6, 6.07) is 5.76. The number of benzene rings is 1. The second-order valence-corrected chi connectivity index (χ2v) is 3.55. The fourth-order valence-electron chi connectivity index (χ4n) is 1.39. The maximum Gasteiger partial charge on any atom is 0.120 e. The smallest absolute Gasteiger partial charge is 0.120 e. The first-order chi connectivity index (χ1) is 7.77. The molecule has 0 radical (unpaired) electrons. The molecule has 1 N–H and O–H groups in total. The Balaban J connectivity index is 0.00000106. The molecule has 16 heavy (non-hydrogen) atoms. The lowest BCUT2D eigenvalue weighted by molar-refractivity contribution is -0.107. The molecular formula is C13H20ClNO. The van der Waals surface area contributed by atoms with Gasteiger partial charge < -0.3 is 10.1 Å². The Kier molecular flexibility index (Phi) is 8.64. The van der Waals surface area contributed by atoms with Gasteiger partial charge in [0.2, 0.25) is 0 Å². The van der Waals surface area contributed by atoms with Gasteiger partial charge in [0.25, 0.3) is 0 Å². The van der Waals surface area contributed by atoms with E-state index in [2.05, 4.69) is 5.32 Å². The van der Waals surface area contributed by atoms with E-state index in [-0.39, 0.29) is 0 Å². The molecule has 0 heterocycles. The van der Waals surface area contributed by atoms with Crippen LogP contribution in [0.2, 0.25) is 5.02 Å². The first kappa shape index (κ1) is 15.0. The van der Waals surface area contributed by atoms with Crippen molar-refractivity contribution in [1.29, 1.82) is 0 Å². The molecule has 0 saturated heterocycles. The average Bonchev–Trinajstić information content (AvgIpc) is 2.32. The summed E-state index contributed by atoms with van der Waals surface area (Å²) in [4.78, 5) is 10.2. The summed E-state index contributed by atoms with van der Waals surface area (Å²) in [5, 5.41) is 3.84. The summed E-state index contributed by atoms with van der Waals surface area (Å²) >= 11 is 5.89. The lowest BCUT2D eigenvalue weighted by Gasteiger charge is -2.08. The molecule has 0 aliphatic rings. The molecule has 3 heteroatoms. The summed E-state index contributed by atoms with van der Waals surface area (Å²) in [5.74, 6) is 0. The van der Waals surface area contributed by atoms with Crippen LogP contribution in [0.3, 0.4) is 0 Å². The predicted octanol–water partition coefficient (Wildman–Crippen LogP) is 3.93. The third-order valence-corrected chi connectivity index (χ3v) is 2.34. The van der Waals surface area contributed by atoms with Crippen molar-refractivity contribution in [3.05, 3.63) is 28.8 Å². The fourth-order valence-corrected chi connectivity index (χ4v) is 1.58. The summed E-state index contributed by atoms with van der Waals surface area (Å²) in [6.45, 7) is 4.00. The van der Waals surface area contributed by atoms with Gasteiger partial charge in [0.1, 0.15) is 6.29 Å². The molecule has 0 aromatic heterocycles. The van der Waals surface area contributed by atoms with E-state index in [0.29, 0.717) is 6.42 Å². The molecular weight excluding hydrogens is 222 g/mol. The highest BCUT2D eigenvalue weighted by molar-refractivity contribution is 6.30. The summed E-state index contributed by atoms with van der Waals surface area (Å²) in [6.07, 6.45) is 3.31. The van der Waals surface area contributed by atoms with Crippen LogP contribution in [0.5, 0.6) is 0 Å². The van der Waals surface area contributed by atoms with Crippen molar-refractivity contribution in [2.75, 3.05) is 12.4 Å². The zero-order valence-corrected chi connectivity index (χ0v) is 11.0. The van der Waals surface area contributed by atoms with Gasteiger partial charge in [-0.05, 0) is 36.6 Å². The van der Waals surface area contributed by atoms with Crippen LogP contribution in [0.4, 0.5) is 5.69 Å². The topological polar surface area (TPSA) is 29.1 Å². The van der Waals surface area contributed by atoms with Crippen LogP contribution < -0.4 is 5.32 Å². The molecule has 0 unspecified atom stereocenters. The van der Waals surface area contributed by atoms with Gasteiger partial charge in [0.05, 0.1) is 0 Å². The quantitative estimate of drug-likeness (QED) is 0.625. The maximum absolute atomic E-state index is 10.2. The SMILES string of the molecule is CC.CNc1ccc(Cl)cc1CCCC=O. The van der Waals surface area contributed by atoms with Crippen molar-refractivity contribution in [1.82, 2.24) is 0 Å². The number of aldehydes is 1. The number of hydrogen-bond donors (Lipinski definition) is 1. The highest BCUT2D eigenvalue weighted by Crippen LogP contribution is 2.21. The monoisotopic (exact) mass is 241 g/mol. The van der Waals surface area contributed by atoms with E-state index in [1.165, 1.54) is 5.56 Å². The molecule has 0 saturated carbocycles. The predicted molar refractivity (Wildman–Crippen MR) is 71.3 cm³/mol. The maximum atomic E-state index is 10.2. The van der Waals surface area contributed by atoms with E-state index < -0.39 is 0 Å². The molecule has 0 aliphatic carbocycles. The highest BCUT2D eigenvalue weighted by atomic mass is 35.5. The minimum Gasteiger partial charge on any atom is -0.388 e. The van der Waals surface area contributed by atoms with Gasteiger partial charge in [-0.1, -0.05) is 25.4 Å². The Morgan fingerprint density at radius 3 is 2.62 bits per heavy atom. The highest BCUT2D eigenvalue weighted by Gasteiger charge is 2.01. The van der Waals surface area contributed by atoms with E-state index in [9.17, 15) is 4.79 Å². The number of anilines is 1. The molecule has 0 amide bonds. The third kappa shape index (κ3) is 5.17. The van der Waals surface area contributed by atoms with E-state index in [4.69, 9.17) is 11.6 Å². The number of hydrogen-bond acceptors (Lipinski definition) is 2. The van der Waals surface area contributed by atoms with Crippen LogP contribution in [0.25, 0.3) is 0 Å². The van der Waals surface area contributed by atoms with Crippen LogP contribution in [0.1, 0.15) is 32.3 Å². The summed E-state index contributed by atoms with van der Waals surface area (Å²) < 4.78 is 0. The van der Waals surface area contributed by atoms with Crippen LogP contribution in [-0.2, 0) is 11.2 Å². The minimum absolute atomic E-state index is 0.607. The molecule has 2 nitrogen and oxygen atoms in total. The van der Waals surface area contributed by atoms with E-state index >= 15 is 0 Å². The largest absolute Gasteiger partial charge is 0.388 e. The number of unbranched alkanes of at least 4 members (excludes halogenated alkanes) is 1. The molecule has 0 aliphatic heterocycles. The molecule has 1 rings (SSSR count).